The molecule has 1 N–H and O–H groups in total. The van der Waals surface area contributed by atoms with Crippen molar-refractivity contribution in [2.24, 2.45) is 0 Å². The molecule has 12 heavy (non-hydrogen) atoms. The third kappa shape index (κ3) is 1.43. The highest BCUT2D eigenvalue weighted by atomic mass is 32.1. The lowest BCUT2D eigenvalue weighted by Gasteiger charge is -1.87. The Morgan fingerprint density at radius 1 is 1.33 bits per heavy atom. The Morgan fingerprint density at radius 3 is 2.83 bits per heavy atom. The van der Waals surface area contributed by atoms with Crippen LogP contribution in [0.25, 0.3) is 10.4 Å². The molecule has 2 aromatic rings. The highest BCUT2D eigenvalue weighted by Crippen LogP contribution is 2.28. The summed E-state index contributed by atoms with van der Waals surface area (Å²) in [7, 11) is 0. The Morgan fingerprint density at radius 2 is 2.25 bits per heavy atom. The van der Waals surface area contributed by atoms with E-state index in [0.717, 1.165) is 10.4 Å². The molecule has 0 aromatic carbocycles. The molecule has 2 aromatic heterocycles. The molecular formula is C9H7OS2. The Hall–Kier alpha value is -0.640. The normalized spacial score (nSPS) is 10.4. The first-order valence-corrected chi connectivity index (χ1v) is 5.25. The van der Waals surface area contributed by atoms with Gasteiger partial charge in [0.1, 0.15) is 0 Å². The largest absolute Gasteiger partial charge is 0.391 e. The third-order valence-electron chi connectivity index (χ3n) is 1.55. The zero-order valence-corrected chi connectivity index (χ0v) is 7.91. The Kier molecular flexibility index (Phi) is 2.26. The summed E-state index contributed by atoms with van der Waals surface area (Å²) in [5.41, 5.74) is 1.13. The SMILES string of the molecule is OCc1ccc(-c2[c]scc2)s1. The lowest BCUT2D eigenvalue weighted by atomic mass is 10.3. The maximum Gasteiger partial charge on any atom is 0.0774 e. The van der Waals surface area contributed by atoms with Gasteiger partial charge in [0.25, 0.3) is 0 Å². The van der Waals surface area contributed by atoms with Gasteiger partial charge in [0.05, 0.1) is 12.0 Å². The molecule has 2 heterocycles. The molecule has 0 saturated heterocycles. The fourth-order valence-corrected chi connectivity index (χ4v) is 2.46. The first-order valence-electron chi connectivity index (χ1n) is 3.55. The van der Waals surface area contributed by atoms with Crippen LogP contribution in [-0.2, 0) is 6.61 Å². The van der Waals surface area contributed by atoms with Gasteiger partial charge in [-0.05, 0) is 23.6 Å². The van der Waals surface area contributed by atoms with Crippen LogP contribution in [0.1, 0.15) is 4.88 Å². The number of aliphatic hydroxyl groups excluding tert-OH is 1. The van der Waals surface area contributed by atoms with Crippen molar-refractivity contribution in [2.45, 2.75) is 6.61 Å². The highest BCUT2D eigenvalue weighted by molar-refractivity contribution is 7.16. The predicted molar refractivity (Wildman–Crippen MR) is 52.4 cm³/mol. The molecule has 0 aliphatic heterocycles. The maximum absolute atomic E-state index is 8.85. The van der Waals surface area contributed by atoms with Crippen molar-refractivity contribution in [2.75, 3.05) is 0 Å². The van der Waals surface area contributed by atoms with Crippen LogP contribution in [0.15, 0.2) is 23.6 Å². The van der Waals surface area contributed by atoms with Crippen LogP contribution < -0.4 is 0 Å². The van der Waals surface area contributed by atoms with E-state index >= 15 is 0 Å². The minimum Gasteiger partial charge on any atom is -0.391 e. The van der Waals surface area contributed by atoms with Crippen molar-refractivity contribution < 1.29 is 5.11 Å². The summed E-state index contributed by atoms with van der Waals surface area (Å²) in [5.74, 6) is 0. The maximum atomic E-state index is 8.85. The molecule has 0 bridgehead atoms. The van der Waals surface area contributed by atoms with Crippen LogP contribution in [0.2, 0.25) is 0 Å². The average molecular weight is 195 g/mol. The molecular weight excluding hydrogens is 188 g/mol. The van der Waals surface area contributed by atoms with E-state index in [0.29, 0.717) is 0 Å². The summed E-state index contributed by atoms with van der Waals surface area (Å²) in [6, 6.07) is 6.01. The number of rotatable bonds is 2. The van der Waals surface area contributed by atoms with Crippen LogP contribution in [0, 0.1) is 5.38 Å². The van der Waals surface area contributed by atoms with Crippen molar-refractivity contribution in [1.82, 2.24) is 0 Å². The average Bonchev–Trinajstić information content (AvgIpc) is 2.75. The van der Waals surface area contributed by atoms with Crippen molar-refractivity contribution in [3.8, 4) is 10.4 Å². The molecule has 0 amide bonds. The second-order valence-corrected chi connectivity index (χ2v) is 4.24. The summed E-state index contributed by atoms with van der Waals surface area (Å²) < 4.78 is 0. The minimum atomic E-state index is 0.134. The first-order chi connectivity index (χ1) is 5.90. The topological polar surface area (TPSA) is 20.2 Å². The van der Waals surface area contributed by atoms with E-state index < -0.39 is 0 Å². The molecule has 0 unspecified atom stereocenters. The lowest BCUT2D eigenvalue weighted by molar-refractivity contribution is 0.285. The molecule has 3 heteroatoms. The second kappa shape index (κ2) is 3.39. The molecule has 2 rings (SSSR count). The van der Waals surface area contributed by atoms with E-state index in [9.17, 15) is 0 Å². The summed E-state index contributed by atoms with van der Waals surface area (Å²) in [4.78, 5) is 2.19. The van der Waals surface area contributed by atoms with Crippen molar-refractivity contribution in [3.63, 3.8) is 0 Å². The Bertz CT molecular complexity index is 348. The Balaban J connectivity index is 2.35. The molecule has 0 spiro atoms. The van der Waals surface area contributed by atoms with Crippen LogP contribution >= 0.6 is 22.7 Å². The van der Waals surface area contributed by atoms with Gasteiger partial charge in [0, 0.05) is 15.3 Å². The fraction of sp³-hybridized carbons (Fsp3) is 0.111. The molecule has 1 radical (unpaired) electrons. The van der Waals surface area contributed by atoms with Gasteiger partial charge >= 0.3 is 0 Å². The zero-order chi connectivity index (χ0) is 8.39. The van der Waals surface area contributed by atoms with Crippen LogP contribution in [0.3, 0.4) is 0 Å². The molecule has 0 fully saturated rings. The number of hydrogen-bond acceptors (Lipinski definition) is 3. The summed E-state index contributed by atoms with van der Waals surface area (Å²) in [6.45, 7) is 0.134. The summed E-state index contributed by atoms with van der Waals surface area (Å²) in [5, 5.41) is 14.0. The monoisotopic (exact) mass is 195 g/mol. The smallest absolute Gasteiger partial charge is 0.0774 e. The molecule has 0 saturated carbocycles. The van der Waals surface area contributed by atoms with E-state index in [1.807, 2.05) is 23.6 Å². The van der Waals surface area contributed by atoms with Crippen molar-refractivity contribution >= 4 is 22.7 Å². The number of aliphatic hydroxyl groups is 1. The van der Waals surface area contributed by atoms with Gasteiger partial charge in [-0.1, -0.05) is 0 Å². The van der Waals surface area contributed by atoms with E-state index in [2.05, 4.69) is 5.38 Å². The molecule has 0 aliphatic rings. The fourth-order valence-electron chi connectivity index (χ4n) is 0.974. The van der Waals surface area contributed by atoms with Crippen molar-refractivity contribution in [1.29, 1.82) is 0 Å². The standard InChI is InChI=1S/C9H7OS2/c10-5-8-1-2-9(12-8)7-3-4-11-6-7/h1-4,10H,5H2. The third-order valence-corrected chi connectivity index (χ3v) is 3.27. The zero-order valence-electron chi connectivity index (χ0n) is 6.28. The van der Waals surface area contributed by atoms with Crippen molar-refractivity contribution in [3.05, 3.63) is 33.8 Å². The van der Waals surface area contributed by atoms with E-state index in [4.69, 9.17) is 5.11 Å². The van der Waals surface area contributed by atoms with Gasteiger partial charge in [0.15, 0.2) is 0 Å². The second-order valence-electron chi connectivity index (χ2n) is 2.36. The van der Waals surface area contributed by atoms with Gasteiger partial charge in [-0.15, -0.1) is 22.7 Å². The summed E-state index contributed by atoms with van der Waals surface area (Å²) in [6.07, 6.45) is 0. The van der Waals surface area contributed by atoms with Gasteiger partial charge in [0.2, 0.25) is 0 Å². The van der Waals surface area contributed by atoms with Crippen LogP contribution in [0.5, 0.6) is 0 Å². The number of hydrogen-bond donors (Lipinski definition) is 1. The predicted octanol–water partition coefficient (Wildman–Crippen LogP) is 2.77. The molecule has 1 nitrogen and oxygen atoms in total. The number of thiophene rings is 2. The van der Waals surface area contributed by atoms with Crippen LogP contribution in [-0.4, -0.2) is 5.11 Å². The van der Waals surface area contributed by atoms with E-state index in [1.165, 1.54) is 4.88 Å². The van der Waals surface area contributed by atoms with E-state index in [1.54, 1.807) is 22.7 Å². The van der Waals surface area contributed by atoms with Gasteiger partial charge in [-0.3, -0.25) is 0 Å². The minimum absolute atomic E-state index is 0.134. The first kappa shape index (κ1) is 7.98. The van der Waals surface area contributed by atoms with Gasteiger partial charge in [-0.25, -0.2) is 0 Å². The van der Waals surface area contributed by atoms with Gasteiger partial charge in [-0.2, -0.15) is 0 Å². The Labute approximate surface area is 78.9 Å². The summed E-state index contributed by atoms with van der Waals surface area (Å²) >= 11 is 3.19. The van der Waals surface area contributed by atoms with Crippen LogP contribution in [0.4, 0.5) is 0 Å². The molecule has 0 atom stereocenters. The molecule has 61 valence electrons. The van der Waals surface area contributed by atoms with Gasteiger partial charge < -0.3 is 5.11 Å². The van der Waals surface area contributed by atoms with E-state index in [-0.39, 0.29) is 6.61 Å². The molecule has 0 aliphatic carbocycles. The lowest BCUT2D eigenvalue weighted by Crippen LogP contribution is -1.69. The highest BCUT2D eigenvalue weighted by Gasteiger charge is 2.01. The quantitative estimate of drug-likeness (QED) is 0.781.